The Balaban J connectivity index is 1.80. The second-order valence-electron chi connectivity index (χ2n) is 7.75. The van der Waals surface area contributed by atoms with E-state index in [1.54, 1.807) is 11.3 Å². The Morgan fingerprint density at radius 1 is 1.11 bits per heavy atom. The first-order valence-corrected chi connectivity index (χ1v) is 10.9. The van der Waals surface area contributed by atoms with E-state index in [1.807, 2.05) is 31.2 Å². The van der Waals surface area contributed by atoms with Gasteiger partial charge in [0.2, 0.25) is 0 Å². The van der Waals surface area contributed by atoms with Crippen LogP contribution < -0.4 is 15.5 Å². The number of benzene rings is 1. The maximum atomic E-state index is 13.0. The minimum Gasteiger partial charge on any atom is -0.352 e. The van der Waals surface area contributed by atoms with Crippen molar-refractivity contribution in [3.05, 3.63) is 51.4 Å². The Morgan fingerprint density at radius 2 is 1.86 bits per heavy atom. The van der Waals surface area contributed by atoms with E-state index in [-0.39, 0.29) is 11.8 Å². The maximum Gasteiger partial charge on any atom is 0.256 e. The van der Waals surface area contributed by atoms with Gasteiger partial charge in [-0.15, -0.1) is 11.3 Å². The van der Waals surface area contributed by atoms with E-state index in [1.165, 1.54) is 9.78 Å². The van der Waals surface area contributed by atoms with Crippen LogP contribution in [0.25, 0.3) is 0 Å². The highest BCUT2D eigenvalue weighted by Gasteiger charge is 2.26. The summed E-state index contributed by atoms with van der Waals surface area (Å²) in [5.74, 6) is -0.213. The van der Waals surface area contributed by atoms with Crippen molar-refractivity contribution in [3.8, 4) is 0 Å². The lowest BCUT2D eigenvalue weighted by Crippen LogP contribution is -3.05. The molecule has 1 aromatic carbocycles. The van der Waals surface area contributed by atoms with Gasteiger partial charge in [0.05, 0.1) is 26.2 Å². The maximum absolute atomic E-state index is 13.0. The van der Waals surface area contributed by atoms with Crippen LogP contribution in [0.1, 0.15) is 56.0 Å². The molecule has 0 saturated heterocycles. The van der Waals surface area contributed by atoms with Crippen molar-refractivity contribution in [2.24, 2.45) is 0 Å². The first kappa shape index (κ1) is 20.6. The quantitative estimate of drug-likeness (QED) is 0.625. The van der Waals surface area contributed by atoms with Gasteiger partial charge in [-0.05, 0) is 49.8 Å². The Labute approximate surface area is 171 Å². The SMILES string of the molecule is Cc1ccccc1C(=O)Nc1sc2c(c1C(=O)NCCC[NH+](C)C)CCCC2. The average molecular weight is 401 g/mol. The fourth-order valence-electron chi connectivity index (χ4n) is 3.62. The summed E-state index contributed by atoms with van der Waals surface area (Å²) < 4.78 is 0. The second-order valence-corrected chi connectivity index (χ2v) is 8.86. The van der Waals surface area contributed by atoms with Crippen molar-refractivity contribution in [1.29, 1.82) is 0 Å². The van der Waals surface area contributed by atoms with Crippen LogP contribution >= 0.6 is 11.3 Å². The summed E-state index contributed by atoms with van der Waals surface area (Å²) in [5, 5.41) is 6.78. The molecule has 0 fully saturated rings. The van der Waals surface area contributed by atoms with E-state index in [4.69, 9.17) is 0 Å². The van der Waals surface area contributed by atoms with Crippen LogP contribution in [0.4, 0.5) is 5.00 Å². The highest BCUT2D eigenvalue weighted by Crippen LogP contribution is 2.38. The molecule has 0 bridgehead atoms. The van der Waals surface area contributed by atoms with Crippen molar-refractivity contribution in [2.75, 3.05) is 32.5 Å². The standard InChI is InChI=1S/C22H29N3O2S/c1-15-9-4-5-10-16(15)20(26)24-22-19(17-11-6-7-12-18(17)28-22)21(27)23-13-8-14-25(2)3/h4-5,9-10H,6-8,11-14H2,1-3H3,(H,23,27)(H,24,26)/p+1. The summed E-state index contributed by atoms with van der Waals surface area (Å²) in [6.45, 7) is 3.59. The molecule has 6 heteroatoms. The summed E-state index contributed by atoms with van der Waals surface area (Å²) in [6, 6.07) is 7.53. The van der Waals surface area contributed by atoms with Crippen LogP contribution in [0, 0.1) is 6.92 Å². The number of carbonyl (C=O) groups is 2. The zero-order chi connectivity index (χ0) is 20.1. The molecule has 2 aromatic rings. The predicted octanol–water partition coefficient (Wildman–Crippen LogP) is 2.45. The van der Waals surface area contributed by atoms with E-state index in [0.717, 1.165) is 49.8 Å². The van der Waals surface area contributed by atoms with Crippen molar-refractivity contribution in [1.82, 2.24) is 5.32 Å². The Bertz CT molecular complexity index is 857. The van der Waals surface area contributed by atoms with Gasteiger partial charge in [-0.3, -0.25) is 9.59 Å². The number of aryl methyl sites for hydroxylation is 2. The normalized spacial score (nSPS) is 13.3. The van der Waals surface area contributed by atoms with Crippen molar-refractivity contribution < 1.29 is 14.5 Å². The van der Waals surface area contributed by atoms with Gasteiger partial charge in [-0.1, -0.05) is 18.2 Å². The van der Waals surface area contributed by atoms with Crippen LogP contribution in [-0.4, -0.2) is 39.0 Å². The number of thiophene rings is 1. The lowest BCUT2D eigenvalue weighted by molar-refractivity contribution is -0.858. The number of anilines is 1. The van der Waals surface area contributed by atoms with Crippen molar-refractivity contribution in [3.63, 3.8) is 0 Å². The number of quaternary nitrogens is 1. The fourth-order valence-corrected chi connectivity index (χ4v) is 4.91. The van der Waals surface area contributed by atoms with Crippen LogP contribution in [-0.2, 0) is 12.8 Å². The summed E-state index contributed by atoms with van der Waals surface area (Å²) >= 11 is 1.57. The molecule has 0 aliphatic heterocycles. The fraction of sp³-hybridized carbons (Fsp3) is 0.455. The zero-order valence-corrected chi connectivity index (χ0v) is 17.8. The molecule has 0 spiro atoms. The van der Waals surface area contributed by atoms with E-state index in [9.17, 15) is 9.59 Å². The summed E-state index contributed by atoms with van der Waals surface area (Å²) in [6.07, 6.45) is 5.08. The number of rotatable bonds is 7. The van der Waals surface area contributed by atoms with Crippen molar-refractivity contribution >= 4 is 28.2 Å². The van der Waals surface area contributed by atoms with E-state index in [0.29, 0.717) is 22.7 Å². The van der Waals surface area contributed by atoms with Crippen LogP contribution in [0.15, 0.2) is 24.3 Å². The van der Waals surface area contributed by atoms with E-state index in [2.05, 4.69) is 24.7 Å². The lowest BCUT2D eigenvalue weighted by Gasteiger charge is -2.14. The zero-order valence-electron chi connectivity index (χ0n) is 17.0. The van der Waals surface area contributed by atoms with Gasteiger partial charge in [0.25, 0.3) is 11.8 Å². The Kier molecular flexibility index (Phi) is 6.86. The van der Waals surface area contributed by atoms with Gasteiger partial charge in [-0.25, -0.2) is 0 Å². The van der Waals surface area contributed by atoms with Gasteiger partial charge in [-0.2, -0.15) is 0 Å². The molecule has 2 amide bonds. The first-order valence-electron chi connectivity index (χ1n) is 10.1. The number of hydrogen-bond donors (Lipinski definition) is 3. The Hall–Kier alpha value is -2.18. The number of carbonyl (C=O) groups excluding carboxylic acids is 2. The molecular formula is C22H30N3O2S+. The molecule has 3 rings (SSSR count). The average Bonchev–Trinajstić information content (AvgIpc) is 3.03. The lowest BCUT2D eigenvalue weighted by atomic mass is 9.95. The monoisotopic (exact) mass is 400 g/mol. The molecule has 0 unspecified atom stereocenters. The van der Waals surface area contributed by atoms with E-state index < -0.39 is 0 Å². The van der Waals surface area contributed by atoms with Gasteiger partial charge in [0.15, 0.2) is 0 Å². The molecule has 0 radical (unpaired) electrons. The molecule has 1 aromatic heterocycles. The predicted molar refractivity (Wildman–Crippen MR) is 115 cm³/mol. The first-order chi connectivity index (χ1) is 13.5. The topological polar surface area (TPSA) is 62.6 Å². The van der Waals surface area contributed by atoms with Gasteiger partial charge < -0.3 is 15.5 Å². The third-order valence-corrected chi connectivity index (χ3v) is 6.36. The number of hydrogen-bond acceptors (Lipinski definition) is 3. The molecule has 0 atom stereocenters. The van der Waals surface area contributed by atoms with Crippen molar-refractivity contribution in [2.45, 2.75) is 39.0 Å². The van der Waals surface area contributed by atoms with Crippen LogP contribution in [0.5, 0.6) is 0 Å². The molecule has 150 valence electrons. The highest BCUT2D eigenvalue weighted by atomic mass is 32.1. The Morgan fingerprint density at radius 3 is 2.61 bits per heavy atom. The number of amides is 2. The second kappa shape index (κ2) is 9.34. The third kappa shape index (κ3) is 4.80. The minimum absolute atomic E-state index is 0.0618. The summed E-state index contributed by atoms with van der Waals surface area (Å²) in [4.78, 5) is 28.4. The van der Waals surface area contributed by atoms with Gasteiger partial charge in [0.1, 0.15) is 5.00 Å². The van der Waals surface area contributed by atoms with Gasteiger partial charge in [0, 0.05) is 23.4 Å². The number of nitrogens with one attached hydrogen (secondary N) is 3. The molecule has 1 aliphatic carbocycles. The van der Waals surface area contributed by atoms with E-state index >= 15 is 0 Å². The summed E-state index contributed by atoms with van der Waals surface area (Å²) in [7, 11) is 4.21. The summed E-state index contributed by atoms with van der Waals surface area (Å²) in [5.41, 5.74) is 3.39. The third-order valence-electron chi connectivity index (χ3n) is 5.15. The molecule has 3 N–H and O–H groups in total. The molecule has 0 saturated carbocycles. The molecular weight excluding hydrogens is 370 g/mol. The molecule has 5 nitrogen and oxygen atoms in total. The minimum atomic E-state index is -0.151. The number of fused-ring (bicyclic) bond motifs is 1. The molecule has 1 heterocycles. The smallest absolute Gasteiger partial charge is 0.256 e. The van der Waals surface area contributed by atoms with Crippen LogP contribution in [0.3, 0.4) is 0 Å². The highest BCUT2D eigenvalue weighted by molar-refractivity contribution is 7.17. The molecule has 28 heavy (non-hydrogen) atoms. The van der Waals surface area contributed by atoms with Crippen LogP contribution in [0.2, 0.25) is 0 Å². The molecule has 1 aliphatic rings. The largest absolute Gasteiger partial charge is 0.352 e. The van der Waals surface area contributed by atoms with Gasteiger partial charge >= 0.3 is 0 Å².